The summed E-state index contributed by atoms with van der Waals surface area (Å²) in [4.78, 5) is 0. The molecular formula is C22H33NO6P2. The van der Waals surface area contributed by atoms with Crippen molar-refractivity contribution in [2.75, 3.05) is 26.4 Å². The molecule has 0 amide bonds. The second-order valence-corrected chi connectivity index (χ2v) is 10.8. The zero-order valence-electron chi connectivity index (χ0n) is 18.6. The van der Waals surface area contributed by atoms with E-state index in [-0.39, 0.29) is 26.4 Å². The average Bonchev–Trinajstić information content (AvgIpc) is 2.76. The highest BCUT2D eigenvalue weighted by Gasteiger charge is 2.44. The van der Waals surface area contributed by atoms with Gasteiger partial charge in [0.05, 0.1) is 26.4 Å². The topological polar surface area (TPSA) is 83.1 Å². The van der Waals surface area contributed by atoms with Crippen molar-refractivity contribution >= 4 is 15.2 Å². The van der Waals surface area contributed by atoms with Crippen LogP contribution in [0.5, 0.6) is 0 Å². The third-order valence-corrected chi connectivity index (χ3v) is 9.05. The molecule has 0 aliphatic heterocycles. The van der Waals surface area contributed by atoms with Crippen LogP contribution in [0.25, 0.3) is 0 Å². The van der Waals surface area contributed by atoms with Gasteiger partial charge in [-0.05, 0) is 38.8 Å². The van der Waals surface area contributed by atoms with Crippen molar-refractivity contribution in [2.24, 2.45) is 0 Å². The first kappa shape index (κ1) is 26.0. The molecule has 2 aromatic rings. The summed E-state index contributed by atoms with van der Waals surface area (Å²) >= 11 is 0. The van der Waals surface area contributed by atoms with Gasteiger partial charge >= 0.3 is 15.2 Å². The Labute approximate surface area is 185 Å². The van der Waals surface area contributed by atoms with Crippen LogP contribution in [0, 0.1) is 0 Å². The Bertz CT molecular complexity index is 773. The normalized spacial score (nSPS) is 14.3. The standard InChI is InChI=1S/C22H33NO6P2/c1-5-26-30(24,27-6-2)21(19-15-11-9-12-16-19)23-22(20-17-13-10-14-18-20)31(25,28-7-3)29-8-4/h9-18,21-23H,5-8H2,1-4H3. The minimum absolute atomic E-state index is 0.201. The first-order valence-electron chi connectivity index (χ1n) is 10.6. The van der Waals surface area contributed by atoms with E-state index >= 15 is 0 Å². The SMILES string of the molecule is CCOP(=O)(OCC)C(NC(c1ccccc1)P(=O)(OCC)OCC)c1ccccc1. The van der Waals surface area contributed by atoms with Gasteiger partial charge in [-0.25, -0.2) is 0 Å². The van der Waals surface area contributed by atoms with Crippen molar-refractivity contribution in [2.45, 2.75) is 39.3 Å². The second kappa shape index (κ2) is 12.7. The van der Waals surface area contributed by atoms with Gasteiger partial charge in [0.2, 0.25) is 0 Å². The molecule has 0 bridgehead atoms. The molecule has 0 fully saturated rings. The van der Waals surface area contributed by atoms with Gasteiger partial charge in [0.15, 0.2) is 0 Å². The number of rotatable bonds is 14. The number of nitrogens with one attached hydrogen (secondary N) is 1. The number of hydrogen-bond acceptors (Lipinski definition) is 7. The van der Waals surface area contributed by atoms with E-state index in [1.165, 1.54) is 0 Å². The lowest BCUT2D eigenvalue weighted by molar-refractivity contribution is 0.196. The molecular weight excluding hydrogens is 436 g/mol. The predicted octanol–water partition coefficient (Wildman–Crippen LogP) is 6.51. The van der Waals surface area contributed by atoms with E-state index in [1.807, 2.05) is 60.7 Å². The smallest absolute Gasteiger partial charge is 0.308 e. The van der Waals surface area contributed by atoms with E-state index in [9.17, 15) is 9.13 Å². The van der Waals surface area contributed by atoms with Gasteiger partial charge in [-0.2, -0.15) is 0 Å². The van der Waals surface area contributed by atoms with Crippen LogP contribution >= 0.6 is 15.2 Å². The van der Waals surface area contributed by atoms with Gasteiger partial charge < -0.3 is 18.1 Å². The summed E-state index contributed by atoms with van der Waals surface area (Å²) in [7, 11) is -7.35. The highest BCUT2D eigenvalue weighted by molar-refractivity contribution is 7.55. The summed E-state index contributed by atoms with van der Waals surface area (Å²) in [5.41, 5.74) is 1.38. The summed E-state index contributed by atoms with van der Waals surface area (Å²) in [6.45, 7) is 7.84. The second-order valence-electron chi connectivity index (χ2n) is 6.54. The van der Waals surface area contributed by atoms with Gasteiger partial charge in [-0.3, -0.25) is 14.4 Å². The largest absolute Gasteiger partial charge is 0.351 e. The van der Waals surface area contributed by atoms with Crippen LogP contribution in [0.3, 0.4) is 0 Å². The van der Waals surface area contributed by atoms with E-state index < -0.39 is 26.8 Å². The molecule has 0 heterocycles. The molecule has 2 unspecified atom stereocenters. The third-order valence-electron chi connectivity index (χ3n) is 4.41. The summed E-state index contributed by atoms with van der Waals surface area (Å²) in [5.74, 6) is -1.76. The molecule has 0 spiro atoms. The lowest BCUT2D eigenvalue weighted by atomic mass is 10.2. The maximum Gasteiger partial charge on any atom is 0.351 e. The molecule has 2 aromatic carbocycles. The fraction of sp³-hybridized carbons (Fsp3) is 0.455. The molecule has 0 aliphatic carbocycles. The molecule has 1 N–H and O–H groups in total. The van der Waals surface area contributed by atoms with E-state index in [0.29, 0.717) is 11.1 Å². The van der Waals surface area contributed by atoms with Crippen molar-refractivity contribution in [1.29, 1.82) is 0 Å². The first-order chi connectivity index (χ1) is 14.9. The van der Waals surface area contributed by atoms with E-state index in [1.54, 1.807) is 27.7 Å². The molecule has 7 nitrogen and oxygen atoms in total. The minimum Gasteiger partial charge on any atom is -0.308 e. The molecule has 9 heteroatoms. The van der Waals surface area contributed by atoms with Crippen LogP contribution in [0.4, 0.5) is 0 Å². The molecule has 0 saturated carbocycles. The van der Waals surface area contributed by atoms with Crippen LogP contribution in [-0.2, 0) is 27.2 Å². The van der Waals surface area contributed by atoms with Crippen LogP contribution in [0.15, 0.2) is 60.7 Å². The van der Waals surface area contributed by atoms with Crippen molar-refractivity contribution in [1.82, 2.24) is 5.32 Å². The summed E-state index contributed by atoms with van der Waals surface area (Å²) in [5, 5.41) is 3.28. The molecule has 2 atom stereocenters. The zero-order valence-corrected chi connectivity index (χ0v) is 20.4. The Kier molecular flexibility index (Phi) is 10.6. The summed E-state index contributed by atoms with van der Waals surface area (Å²) in [6.07, 6.45) is 0. The van der Waals surface area contributed by atoms with E-state index in [4.69, 9.17) is 18.1 Å². The third kappa shape index (κ3) is 6.84. The van der Waals surface area contributed by atoms with Gasteiger partial charge in [0.25, 0.3) is 0 Å². The first-order valence-corrected chi connectivity index (χ1v) is 13.8. The Morgan fingerprint density at radius 2 is 0.903 bits per heavy atom. The Morgan fingerprint density at radius 3 is 1.16 bits per heavy atom. The van der Waals surface area contributed by atoms with Crippen molar-refractivity contribution < 1.29 is 27.2 Å². The highest BCUT2D eigenvalue weighted by atomic mass is 31.2. The van der Waals surface area contributed by atoms with Crippen LogP contribution in [-0.4, -0.2) is 26.4 Å². The quantitative estimate of drug-likeness (QED) is 0.316. The Balaban J connectivity index is 2.61. The lowest BCUT2D eigenvalue weighted by Crippen LogP contribution is -2.29. The Morgan fingerprint density at radius 1 is 0.613 bits per heavy atom. The van der Waals surface area contributed by atoms with Crippen LogP contribution in [0.2, 0.25) is 0 Å². The van der Waals surface area contributed by atoms with Crippen molar-refractivity contribution in [3.05, 3.63) is 71.8 Å². The fourth-order valence-electron chi connectivity index (χ4n) is 3.25. The van der Waals surface area contributed by atoms with E-state index in [0.717, 1.165) is 0 Å². The molecule has 0 aliphatic rings. The molecule has 0 saturated heterocycles. The molecule has 31 heavy (non-hydrogen) atoms. The maximum atomic E-state index is 13.8. The van der Waals surface area contributed by atoms with E-state index in [2.05, 4.69) is 5.32 Å². The van der Waals surface area contributed by atoms with Gasteiger partial charge in [0.1, 0.15) is 11.6 Å². The average molecular weight is 469 g/mol. The minimum atomic E-state index is -3.68. The van der Waals surface area contributed by atoms with Gasteiger partial charge in [-0.15, -0.1) is 0 Å². The van der Waals surface area contributed by atoms with Crippen LogP contribution < -0.4 is 5.32 Å². The summed E-state index contributed by atoms with van der Waals surface area (Å²) < 4.78 is 50.3. The van der Waals surface area contributed by atoms with Crippen molar-refractivity contribution in [3.8, 4) is 0 Å². The molecule has 0 radical (unpaired) electrons. The monoisotopic (exact) mass is 469 g/mol. The highest BCUT2D eigenvalue weighted by Crippen LogP contribution is 2.65. The van der Waals surface area contributed by atoms with Gasteiger partial charge in [0, 0.05) is 0 Å². The maximum absolute atomic E-state index is 13.8. The molecule has 2 rings (SSSR count). The molecule has 172 valence electrons. The Hall–Kier alpha value is -1.30. The van der Waals surface area contributed by atoms with Gasteiger partial charge in [-0.1, -0.05) is 60.7 Å². The summed E-state index contributed by atoms with van der Waals surface area (Å²) in [6, 6.07) is 18.4. The number of hydrogen-bond donors (Lipinski definition) is 1. The van der Waals surface area contributed by atoms with Crippen molar-refractivity contribution in [3.63, 3.8) is 0 Å². The predicted molar refractivity (Wildman–Crippen MR) is 123 cm³/mol. The fourth-order valence-corrected chi connectivity index (χ4v) is 7.29. The molecule has 0 aromatic heterocycles. The number of benzene rings is 2. The zero-order chi connectivity index (χ0) is 22.7. The van der Waals surface area contributed by atoms with Crippen LogP contribution in [0.1, 0.15) is 50.4 Å². The lowest BCUT2D eigenvalue weighted by Gasteiger charge is -2.34.